The minimum atomic E-state index is -2.08. The van der Waals surface area contributed by atoms with Crippen LogP contribution in [0.15, 0.2) is 24.3 Å². The molecule has 3 heterocycles. The van der Waals surface area contributed by atoms with Crippen molar-refractivity contribution in [3.8, 4) is 11.5 Å². The van der Waals surface area contributed by atoms with Gasteiger partial charge >= 0.3 is 11.9 Å². The van der Waals surface area contributed by atoms with E-state index in [1.165, 1.54) is 13.0 Å². The average Bonchev–Trinajstić information content (AvgIpc) is 3.29. The van der Waals surface area contributed by atoms with Crippen LogP contribution in [0.5, 0.6) is 11.5 Å². The summed E-state index contributed by atoms with van der Waals surface area (Å²) in [6.45, 7) is 23.7. The van der Waals surface area contributed by atoms with Crippen LogP contribution in [0, 0.1) is 11.8 Å². The van der Waals surface area contributed by atoms with Gasteiger partial charge in [-0.1, -0.05) is 40.7 Å². The molecule has 4 rings (SSSR count). The van der Waals surface area contributed by atoms with E-state index in [-0.39, 0.29) is 23.0 Å². The van der Waals surface area contributed by atoms with Crippen molar-refractivity contribution in [2.45, 2.75) is 142 Å². The van der Waals surface area contributed by atoms with E-state index in [9.17, 15) is 9.59 Å². The molecule has 0 bridgehead atoms. The Labute approximate surface area is 280 Å². The zero-order chi connectivity index (χ0) is 35.1. The van der Waals surface area contributed by atoms with Crippen LogP contribution in [0.25, 0.3) is 6.08 Å². The SMILES string of the molecule is COc1cc(/C=C/C(=O)OC2OC(C)C(OC3OC(C)C(C)C(C)C3OC(C)=O)C3OC(C)(C)OC23)ccc1O[Si](C)(C)C(C)(C)C. The van der Waals surface area contributed by atoms with Crippen LogP contribution in [0.3, 0.4) is 0 Å². The van der Waals surface area contributed by atoms with Gasteiger partial charge in [-0.15, -0.1) is 0 Å². The lowest BCUT2D eigenvalue weighted by molar-refractivity contribution is -0.328. The Balaban J connectivity index is 1.47. The summed E-state index contributed by atoms with van der Waals surface area (Å²) in [7, 11) is -0.488. The molecule has 11 nitrogen and oxygen atoms in total. The molecule has 1 aromatic carbocycles. The number of rotatable bonds is 9. The van der Waals surface area contributed by atoms with Crippen molar-refractivity contribution in [2.24, 2.45) is 11.8 Å². The van der Waals surface area contributed by atoms with Gasteiger partial charge in [0.2, 0.25) is 6.29 Å². The van der Waals surface area contributed by atoms with Crippen molar-refractivity contribution >= 4 is 26.3 Å². The fourth-order valence-electron chi connectivity index (χ4n) is 5.82. The highest BCUT2D eigenvalue weighted by atomic mass is 28.4. The molecule has 10 atom stereocenters. The monoisotopic (exact) mass is 678 g/mol. The van der Waals surface area contributed by atoms with Gasteiger partial charge in [-0.25, -0.2) is 4.79 Å². The Bertz CT molecular complexity index is 1300. The van der Waals surface area contributed by atoms with Crippen LogP contribution in [0.1, 0.15) is 74.8 Å². The van der Waals surface area contributed by atoms with E-state index in [2.05, 4.69) is 40.8 Å². The second-order valence-corrected chi connectivity index (χ2v) is 19.6. The Kier molecular flexibility index (Phi) is 11.3. The summed E-state index contributed by atoms with van der Waals surface area (Å²) in [5, 5.41) is 0.0271. The lowest BCUT2D eigenvalue weighted by Crippen LogP contribution is -2.60. The van der Waals surface area contributed by atoms with Crippen LogP contribution in [0.4, 0.5) is 0 Å². The van der Waals surface area contributed by atoms with E-state index < -0.39 is 69.1 Å². The summed E-state index contributed by atoms with van der Waals surface area (Å²) in [6.07, 6.45) is -2.35. The van der Waals surface area contributed by atoms with E-state index in [0.29, 0.717) is 11.5 Å². The fraction of sp³-hybridized carbons (Fsp3) is 0.714. The molecule has 3 fully saturated rings. The first kappa shape index (κ1) is 37.3. The highest BCUT2D eigenvalue weighted by Crippen LogP contribution is 2.42. The molecule has 0 aliphatic carbocycles. The molecule has 1 aromatic rings. The standard InChI is InChI=1S/C35H54O11Si/c1-19-20(2)28(41-23(5)36)32(39-21(19)3)43-29-22(4)40-33(31-30(29)44-35(9,10)45-31)42-27(37)17-15-24-14-16-25(26(18-24)38-11)46-47(12,13)34(6,7)8/h14-22,28-33H,1-13H3/b17-15+. The van der Waals surface area contributed by atoms with Gasteiger partial charge in [0.1, 0.15) is 18.0 Å². The van der Waals surface area contributed by atoms with Crippen molar-refractivity contribution in [1.82, 2.24) is 0 Å². The molecule has 0 saturated carbocycles. The predicted molar refractivity (Wildman–Crippen MR) is 177 cm³/mol. The second-order valence-electron chi connectivity index (χ2n) is 14.9. The van der Waals surface area contributed by atoms with Gasteiger partial charge in [0.25, 0.3) is 8.32 Å². The van der Waals surface area contributed by atoms with E-state index in [1.54, 1.807) is 27.0 Å². The lowest BCUT2D eigenvalue weighted by Gasteiger charge is -2.46. The van der Waals surface area contributed by atoms with Gasteiger partial charge in [0.05, 0.1) is 19.3 Å². The van der Waals surface area contributed by atoms with Crippen molar-refractivity contribution in [3.05, 3.63) is 29.8 Å². The minimum Gasteiger partial charge on any atom is -0.541 e. The number of hydrogen-bond donors (Lipinski definition) is 0. The maximum Gasteiger partial charge on any atom is 0.333 e. The Hall–Kier alpha value is -2.48. The quantitative estimate of drug-likeness (QED) is 0.168. The molecule has 3 saturated heterocycles. The summed E-state index contributed by atoms with van der Waals surface area (Å²) in [5.41, 5.74) is 0.736. The summed E-state index contributed by atoms with van der Waals surface area (Å²) in [5.74, 6) is -0.640. The van der Waals surface area contributed by atoms with Crippen LogP contribution in [-0.4, -0.2) is 82.4 Å². The summed E-state index contributed by atoms with van der Waals surface area (Å²) < 4.78 is 54.8. The fourth-order valence-corrected chi connectivity index (χ4v) is 6.85. The summed E-state index contributed by atoms with van der Waals surface area (Å²) >= 11 is 0. The van der Waals surface area contributed by atoms with Crippen LogP contribution >= 0.6 is 0 Å². The third-order valence-corrected chi connectivity index (χ3v) is 14.2. The number of fused-ring (bicyclic) bond motifs is 1. The van der Waals surface area contributed by atoms with Gasteiger partial charge in [-0.05, 0) is 75.5 Å². The molecule has 0 radical (unpaired) electrons. The maximum atomic E-state index is 13.1. The van der Waals surface area contributed by atoms with E-state index >= 15 is 0 Å². The predicted octanol–water partition coefficient (Wildman–Crippen LogP) is 6.23. The number of methoxy groups -OCH3 is 1. The van der Waals surface area contributed by atoms with Crippen molar-refractivity contribution in [3.63, 3.8) is 0 Å². The molecule has 10 unspecified atom stereocenters. The van der Waals surface area contributed by atoms with Crippen molar-refractivity contribution in [1.29, 1.82) is 0 Å². The number of carbonyl (C=O) groups excluding carboxylic acids is 2. The van der Waals surface area contributed by atoms with E-state index in [4.69, 9.17) is 42.3 Å². The first-order valence-corrected chi connectivity index (χ1v) is 19.4. The van der Waals surface area contributed by atoms with E-state index in [1.807, 2.05) is 39.0 Å². The first-order valence-electron chi connectivity index (χ1n) is 16.5. The van der Waals surface area contributed by atoms with Crippen LogP contribution in [-0.2, 0) is 42.7 Å². The average molecular weight is 679 g/mol. The molecule has 264 valence electrons. The number of carbonyl (C=O) groups is 2. The van der Waals surface area contributed by atoms with Crippen molar-refractivity contribution < 1.29 is 51.9 Å². The third kappa shape index (κ3) is 8.58. The molecule has 3 aliphatic rings. The molecule has 0 N–H and O–H groups in total. The van der Waals surface area contributed by atoms with Gasteiger partial charge in [0, 0.05) is 18.9 Å². The van der Waals surface area contributed by atoms with Gasteiger partial charge in [0.15, 0.2) is 30.0 Å². The zero-order valence-corrected chi connectivity index (χ0v) is 31.2. The molecule has 0 aromatic heterocycles. The zero-order valence-electron chi connectivity index (χ0n) is 30.2. The molecule has 0 spiro atoms. The Morgan fingerprint density at radius 1 is 0.872 bits per heavy atom. The van der Waals surface area contributed by atoms with Gasteiger partial charge in [-0.3, -0.25) is 4.79 Å². The Morgan fingerprint density at radius 3 is 2.13 bits per heavy atom. The van der Waals surface area contributed by atoms with Crippen LogP contribution < -0.4 is 9.16 Å². The smallest absolute Gasteiger partial charge is 0.333 e. The molecular formula is C35H54O11Si. The Morgan fingerprint density at radius 2 is 1.51 bits per heavy atom. The van der Waals surface area contributed by atoms with Gasteiger partial charge < -0.3 is 42.3 Å². The molecular weight excluding hydrogens is 624 g/mol. The molecule has 0 amide bonds. The van der Waals surface area contributed by atoms with Crippen LogP contribution in [0.2, 0.25) is 18.1 Å². The van der Waals surface area contributed by atoms with Crippen molar-refractivity contribution in [2.75, 3.05) is 7.11 Å². The topological polar surface area (TPSA) is 117 Å². The molecule has 3 aliphatic heterocycles. The largest absolute Gasteiger partial charge is 0.541 e. The minimum absolute atomic E-state index is 0.0122. The number of esters is 2. The number of hydrogen-bond acceptors (Lipinski definition) is 11. The highest BCUT2D eigenvalue weighted by molar-refractivity contribution is 6.74. The third-order valence-electron chi connectivity index (χ3n) is 9.87. The highest BCUT2D eigenvalue weighted by Gasteiger charge is 2.58. The second kappa shape index (κ2) is 14.2. The lowest BCUT2D eigenvalue weighted by atomic mass is 9.84. The summed E-state index contributed by atoms with van der Waals surface area (Å²) in [6, 6.07) is 5.54. The summed E-state index contributed by atoms with van der Waals surface area (Å²) in [4.78, 5) is 25.0. The van der Waals surface area contributed by atoms with E-state index in [0.717, 1.165) is 5.56 Å². The normalized spacial score (nSPS) is 34.1. The maximum absolute atomic E-state index is 13.1. The first-order chi connectivity index (χ1) is 21.7. The number of benzene rings is 1. The molecule has 12 heteroatoms. The number of ether oxygens (including phenoxy) is 8. The molecule has 47 heavy (non-hydrogen) atoms. The van der Waals surface area contributed by atoms with Gasteiger partial charge in [-0.2, -0.15) is 0 Å².